The van der Waals surface area contributed by atoms with Crippen LogP contribution in [0.2, 0.25) is 0 Å². The van der Waals surface area contributed by atoms with Gasteiger partial charge in [0.05, 0.1) is 4.58 Å². The molecule has 6 rings (SSSR count). The summed E-state index contributed by atoms with van der Waals surface area (Å²) in [5, 5.41) is 4.07. The van der Waals surface area contributed by atoms with Gasteiger partial charge in [0, 0.05) is 47.2 Å². The molecule has 1 aliphatic carbocycles. The standard InChI is InChI=1S/C21H26N2S2/c1-2-13-12-23-8-7-21-15-5-3-4-6-16(15)22-19(21)18(14(13)11-17(21)23)20-24-9-10-25-20/h2-6,14,17-20,22H,7-12H2,1H3/b13-2-/t14-,17-,18+,19-,21+/m0/s1. The number of nitrogens with one attached hydrogen (secondary N) is 1. The van der Waals surface area contributed by atoms with Crippen LogP contribution in [0.5, 0.6) is 0 Å². The fourth-order valence-electron chi connectivity index (χ4n) is 6.75. The van der Waals surface area contributed by atoms with Crippen molar-refractivity contribution in [1.82, 2.24) is 4.90 Å². The number of hydrogen-bond donors (Lipinski definition) is 1. The second-order valence-corrected chi connectivity index (χ2v) is 11.1. The lowest BCUT2D eigenvalue weighted by Crippen LogP contribution is -2.63. The van der Waals surface area contributed by atoms with Crippen molar-refractivity contribution in [3.8, 4) is 0 Å². The highest BCUT2D eigenvalue weighted by atomic mass is 32.2. The summed E-state index contributed by atoms with van der Waals surface area (Å²) in [7, 11) is 0. The number of fused-ring (bicyclic) bond motifs is 2. The van der Waals surface area contributed by atoms with Crippen LogP contribution >= 0.6 is 23.5 Å². The Morgan fingerprint density at radius 1 is 1.24 bits per heavy atom. The summed E-state index contributed by atoms with van der Waals surface area (Å²) < 4.78 is 0.775. The Morgan fingerprint density at radius 2 is 2.08 bits per heavy atom. The third-order valence-corrected chi connectivity index (χ3v) is 10.9. The van der Waals surface area contributed by atoms with Crippen molar-refractivity contribution in [2.45, 2.75) is 41.8 Å². The summed E-state index contributed by atoms with van der Waals surface area (Å²) in [6.45, 7) is 4.77. The van der Waals surface area contributed by atoms with E-state index in [0.717, 1.165) is 22.5 Å². The zero-order valence-electron chi connectivity index (χ0n) is 14.8. The van der Waals surface area contributed by atoms with Gasteiger partial charge in [0.25, 0.3) is 0 Å². The van der Waals surface area contributed by atoms with E-state index >= 15 is 0 Å². The Morgan fingerprint density at radius 3 is 2.92 bits per heavy atom. The van der Waals surface area contributed by atoms with Gasteiger partial charge in [-0.1, -0.05) is 29.8 Å². The van der Waals surface area contributed by atoms with Gasteiger partial charge in [-0.25, -0.2) is 0 Å². The first-order valence-corrected chi connectivity index (χ1v) is 11.9. The molecule has 1 aromatic rings. The van der Waals surface area contributed by atoms with Crippen molar-refractivity contribution in [3.05, 3.63) is 41.5 Å². The maximum Gasteiger partial charge on any atom is 0.0556 e. The highest BCUT2D eigenvalue weighted by Crippen LogP contribution is 2.63. The monoisotopic (exact) mass is 370 g/mol. The summed E-state index contributed by atoms with van der Waals surface area (Å²) in [4.78, 5) is 2.81. The average molecular weight is 371 g/mol. The second-order valence-electron chi connectivity index (χ2n) is 8.34. The molecule has 0 aromatic heterocycles. The molecule has 1 spiro atoms. The van der Waals surface area contributed by atoms with Crippen molar-refractivity contribution in [2.75, 3.05) is 29.9 Å². The summed E-state index contributed by atoms with van der Waals surface area (Å²) in [5.41, 5.74) is 5.15. The van der Waals surface area contributed by atoms with Crippen molar-refractivity contribution in [1.29, 1.82) is 0 Å². The quantitative estimate of drug-likeness (QED) is 0.745. The summed E-state index contributed by atoms with van der Waals surface area (Å²) in [5.74, 6) is 4.23. The Bertz CT molecular complexity index is 741. The molecule has 2 nitrogen and oxygen atoms in total. The highest BCUT2D eigenvalue weighted by Gasteiger charge is 2.66. The van der Waals surface area contributed by atoms with E-state index in [0.29, 0.717) is 11.5 Å². The van der Waals surface area contributed by atoms with E-state index < -0.39 is 0 Å². The van der Waals surface area contributed by atoms with Gasteiger partial charge in [-0.2, -0.15) is 0 Å². The minimum atomic E-state index is 0.362. The molecular weight excluding hydrogens is 344 g/mol. The molecule has 4 heterocycles. The van der Waals surface area contributed by atoms with Gasteiger partial charge in [-0.3, -0.25) is 4.90 Å². The van der Waals surface area contributed by atoms with Gasteiger partial charge in [0.1, 0.15) is 0 Å². The Kier molecular flexibility index (Phi) is 3.38. The van der Waals surface area contributed by atoms with Gasteiger partial charge in [0.15, 0.2) is 0 Å². The largest absolute Gasteiger partial charge is 0.381 e. The predicted octanol–water partition coefficient (Wildman–Crippen LogP) is 4.19. The smallest absolute Gasteiger partial charge is 0.0556 e. The topological polar surface area (TPSA) is 15.3 Å². The van der Waals surface area contributed by atoms with Gasteiger partial charge >= 0.3 is 0 Å². The number of allylic oxidation sites excluding steroid dienone is 1. The molecule has 1 N–H and O–H groups in total. The second kappa shape index (κ2) is 5.46. The maximum atomic E-state index is 4.07. The molecule has 1 saturated carbocycles. The van der Waals surface area contributed by atoms with Crippen LogP contribution in [0.4, 0.5) is 5.69 Å². The van der Waals surface area contributed by atoms with E-state index in [4.69, 9.17) is 0 Å². The van der Waals surface area contributed by atoms with E-state index in [9.17, 15) is 0 Å². The van der Waals surface area contributed by atoms with Gasteiger partial charge in [-0.05, 0) is 43.9 Å². The number of rotatable bonds is 1. The molecule has 132 valence electrons. The Hall–Kier alpha value is -0.580. The Labute approximate surface area is 159 Å². The van der Waals surface area contributed by atoms with Gasteiger partial charge in [0.2, 0.25) is 0 Å². The zero-order chi connectivity index (χ0) is 16.6. The van der Waals surface area contributed by atoms with Crippen LogP contribution < -0.4 is 5.32 Å². The van der Waals surface area contributed by atoms with Crippen molar-refractivity contribution < 1.29 is 0 Å². The highest BCUT2D eigenvalue weighted by molar-refractivity contribution is 8.20. The number of benzene rings is 1. The van der Waals surface area contributed by atoms with E-state index in [1.54, 1.807) is 11.1 Å². The van der Waals surface area contributed by atoms with E-state index in [1.165, 1.54) is 43.1 Å². The third kappa shape index (κ3) is 1.89. The van der Waals surface area contributed by atoms with Crippen LogP contribution in [0.15, 0.2) is 35.9 Å². The van der Waals surface area contributed by atoms with Crippen LogP contribution in [-0.2, 0) is 5.41 Å². The van der Waals surface area contributed by atoms with E-state index in [2.05, 4.69) is 71.0 Å². The third-order valence-electron chi connectivity index (χ3n) is 7.66. The Balaban J connectivity index is 1.54. The number of piperidine rings is 1. The predicted molar refractivity (Wildman–Crippen MR) is 110 cm³/mol. The SMILES string of the molecule is C/C=C1/CN2CC[C@]34c5ccccc5N[C@H]3[C@H](C3SCCS3)[C@H]1C[C@H]24. The van der Waals surface area contributed by atoms with Crippen LogP contribution in [0, 0.1) is 11.8 Å². The minimum Gasteiger partial charge on any atom is -0.381 e. The zero-order valence-corrected chi connectivity index (χ0v) is 16.4. The van der Waals surface area contributed by atoms with E-state index in [1.807, 2.05) is 0 Å². The normalized spacial score (nSPS) is 44.0. The first-order valence-electron chi connectivity index (χ1n) is 9.81. The lowest BCUT2D eigenvalue weighted by molar-refractivity contribution is 0.0634. The number of para-hydroxylation sites is 1. The molecule has 0 amide bonds. The first kappa shape index (κ1) is 15.5. The maximum absolute atomic E-state index is 4.07. The molecule has 3 saturated heterocycles. The molecule has 0 radical (unpaired) electrons. The summed E-state index contributed by atoms with van der Waals surface area (Å²) >= 11 is 4.48. The molecular formula is C21H26N2S2. The molecule has 4 fully saturated rings. The fourth-order valence-corrected chi connectivity index (χ4v) is 10.1. The molecule has 25 heavy (non-hydrogen) atoms. The van der Waals surface area contributed by atoms with Crippen molar-refractivity contribution >= 4 is 29.2 Å². The van der Waals surface area contributed by atoms with Gasteiger partial charge < -0.3 is 5.32 Å². The molecule has 4 aliphatic heterocycles. The van der Waals surface area contributed by atoms with Gasteiger partial charge in [-0.15, -0.1) is 23.5 Å². The lowest BCUT2D eigenvalue weighted by Gasteiger charge is -2.56. The van der Waals surface area contributed by atoms with Crippen molar-refractivity contribution in [2.24, 2.45) is 11.8 Å². The van der Waals surface area contributed by atoms with Crippen LogP contribution in [0.1, 0.15) is 25.3 Å². The van der Waals surface area contributed by atoms with Crippen LogP contribution in [0.25, 0.3) is 0 Å². The molecule has 2 bridgehead atoms. The van der Waals surface area contributed by atoms with E-state index in [-0.39, 0.29) is 0 Å². The summed E-state index contributed by atoms with van der Waals surface area (Å²) in [6, 6.07) is 10.6. The molecule has 0 unspecified atom stereocenters. The first-order chi connectivity index (χ1) is 12.3. The molecule has 5 atom stereocenters. The van der Waals surface area contributed by atoms with Crippen LogP contribution in [0.3, 0.4) is 0 Å². The summed E-state index contributed by atoms with van der Waals surface area (Å²) in [6.07, 6.45) is 5.18. The number of nitrogens with zero attached hydrogens (tertiary/aromatic N) is 1. The number of thioether (sulfide) groups is 2. The molecule has 5 aliphatic rings. The minimum absolute atomic E-state index is 0.362. The van der Waals surface area contributed by atoms with Crippen LogP contribution in [-0.4, -0.2) is 46.2 Å². The fraction of sp³-hybridized carbons (Fsp3) is 0.619. The number of hydrogen-bond acceptors (Lipinski definition) is 4. The molecule has 1 aromatic carbocycles. The average Bonchev–Trinajstić information content (AvgIpc) is 3.36. The number of anilines is 1. The lowest BCUT2D eigenvalue weighted by atomic mass is 9.56. The molecule has 4 heteroatoms. The van der Waals surface area contributed by atoms with Crippen molar-refractivity contribution in [3.63, 3.8) is 0 Å².